The Morgan fingerprint density at radius 1 is 1.07 bits per heavy atom. The minimum absolute atomic E-state index is 0.169. The van der Waals surface area contributed by atoms with Crippen molar-refractivity contribution in [2.75, 3.05) is 6.61 Å². The predicted molar refractivity (Wildman–Crippen MR) is 126 cm³/mol. The molecule has 3 atom stereocenters. The molecule has 0 amide bonds. The van der Waals surface area contributed by atoms with Crippen LogP contribution in [0.1, 0.15) is 91.3 Å². The molecule has 164 valence electrons. The Kier molecular flexibility index (Phi) is 6.11. The van der Waals surface area contributed by atoms with Crippen LogP contribution in [0.5, 0.6) is 0 Å². The van der Waals surface area contributed by atoms with Crippen molar-refractivity contribution in [3.8, 4) is 0 Å². The third kappa shape index (κ3) is 4.03. The van der Waals surface area contributed by atoms with Gasteiger partial charge in [-0.2, -0.15) is 0 Å². The summed E-state index contributed by atoms with van der Waals surface area (Å²) in [5.74, 6) is 0.887. The Balaban J connectivity index is 1.90. The number of esters is 1. The normalized spacial score (nSPS) is 29.5. The first-order valence-corrected chi connectivity index (χ1v) is 11.7. The molecule has 2 aliphatic carbocycles. The molecule has 0 bridgehead atoms. The number of hydrogen-bond donors (Lipinski definition) is 0. The zero-order valence-corrected chi connectivity index (χ0v) is 20.3. The molecule has 0 unspecified atom stereocenters. The molecule has 1 fully saturated rings. The van der Waals surface area contributed by atoms with Crippen LogP contribution in [0.3, 0.4) is 0 Å². The van der Waals surface area contributed by atoms with Gasteiger partial charge in [-0.05, 0) is 71.6 Å². The van der Waals surface area contributed by atoms with Crippen LogP contribution >= 0.6 is 0 Å². The van der Waals surface area contributed by atoms with Crippen LogP contribution in [0.15, 0.2) is 42.0 Å². The molecule has 0 N–H and O–H groups in total. The highest BCUT2D eigenvalue weighted by Gasteiger charge is 2.59. The van der Waals surface area contributed by atoms with E-state index < -0.39 is 0 Å². The van der Waals surface area contributed by atoms with Crippen molar-refractivity contribution in [3.05, 3.63) is 58.7 Å². The van der Waals surface area contributed by atoms with E-state index >= 15 is 0 Å². The van der Waals surface area contributed by atoms with Crippen molar-refractivity contribution < 1.29 is 9.53 Å². The van der Waals surface area contributed by atoms with Gasteiger partial charge >= 0.3 is 5.97 Å². The Labute approximate surface area is 183 Å². The van der Waals surface area contributed by atoms with Crippen LogP contribution in [-0.4, -0.2) is 12.6 Å². The highest BCUT2D eigenvalue weighted by molar-refractivity contribution is 5.83. The molecule has 0 radical (unpaired) electrons. The number of carbonyl (C=O) groups is 1. The predicted octanol–water partition coefficient (Wildman–Crippen LogP) is 7.01. The summed E-state index contributed by atoms with van der Waals surface area (Å²) in [5, 5.41) is 0. The van der Waals surface area contributed by atoms with Crippen molar-refractivity contribution in [3.63, 3.8) is 0 Å². The second kappa shape index (κ2) is 8.02. The van der Waals surface area contributed by atoms with Gasteiger partial charge in [-0.3, -0.25) is 0 Å². The number of allylic oxidation sites excluding steroid dienone is 3. The van der Waals surface area contributed by atoms with Crippen LogP contribution in [-0.2, 0) is 25.8 Å². The first-order valence-electron chi connectivity index (χ1n) is 11.7. The summed E-state index contributed by atoms with van der Waals surface area (Å²) in [4.78, 5) is 11.7. The van der Waals surface area contributed by atoms with E-state index in [1.807, 2.05) is 13.8 Å². The molecule has 2 heteroatoms. The Morgan fingerprint density at radius 2 is 1.70 bits per heavy atom. The molecule has 1 aromatic rings. The average Bonchev–Trinajstić information content (AvgIpc) is 3.28. The van der Waals surface area contributed by atoms with Crippen molar-refractivity contribution in [1.82, 2.24) is 0 Å². The molecule has 0 aliphatic heterocycles. The van der Waals surface area contributed by atoms with E-state index in [9.17, 15) is 4.79 Å². The first-order chi connectivity index (χ1) is 14.0. The fraction of sp³-hybridized carbons (Fsp3) is 0.607. The number of ether oxygens (including phenoxy) is 1. The molecular formula is C28H40O2. The lowest BCUT2D eigenvalue weighted by Crippen LogP contribution is -2.34. The Bertz CT molecular complexity index is 871. The Morgan fingerprint density at radius 3 is 2.30 bits per heavy atom. The third-order valence-electron chi connectivity index (χ3n) is 7.90. The molecule has 1 aromatic carbocycles. The van der Waals surface area contributed by atoms with Crippen LogP contribution in [0.4, 0.5) is 0 Å². The van der Waals surface area contributed by atoms with E-state index in [0.29, 0.717) is 18.4 Å². The number of benzene rings is 1. The molecule has 3 rings (SSSR count). The van der Waals surface area contributed by atoms with Crippen LogP contribution in [0.2, 0.25) is 0 Å². The quantitative estimate of drug-likeness (QED) is 0.287. The van der Waals surface area contributed by atoms with E-state index in [-0.39, 0.29) is 22.2 Å². The van der Waals surface area contributed by atoms with E-state index in [1.165, 1.54) is 24.0 Å². The zero-order chi connectivity index (χ0) is 22.3. The van der Waals surface area contributed by atoms with E-state index in [1.54, 1.807) is 11.6 Å². The molecule has 2 aliphatic rings. The summed E-state index contributed by atoms with van der Waals surface area (Å²) in [7, 11) is 0. The van der Waals surface area contributed by atoms with Crippen molar-refractivity contribution >= 4 is 5.97 Å². The standard InChI is InChI=1S/C28H40O2/c1-9-21-23(13-11-19(3)17-25(29)30-10-2)28(21,8)20-12-14-22-24(18-20)27(6,7)16-15-26(22,4)5/h11-14,17-18,21,23H,9-10,15-16H2,1-8H3/b13-11+,19-17+/t21-,23-,28+/m0/s1. The molecule has 2 nitrogen and oxygen atoms in total. The van der Waals surface area contributed by atoms with Crippen LogP contribution < -0.4 is 0 Å². The molecule has 0 saturated heterocycles. The van der Waals surface area contributed by atoms with Gasteiger partial charge < -0.3 is 4.74 Å². The monoisotopic (exact) mass is 408 g/mol. The molecule has 0 spiro atoms. The lowest BCUT2D eigenvalue weighted by atomic mass is 9.62. The minimum Gasteiger partial charge on any atom is -0.463 e. The topological polar surface area (TPSA) is 26.3 Å². The smallest absolute Gasteiger partial charge is 0.330 e. The fourth-order valence-electron chi connectivity index (χ4n) is 5.65. The summed E-state index contributed by atoms with van der Waals surface area (Å²) in [6.07, 6.45) is 9.65. The summed E-state index contributed by atoms with van der Waals surface area (Å²) in [6, 6.07) is 7.32. The van der Waals surface area contributed by atoms with Gasteiger partial charge in [0, 0.05) is 11.5 Å². The van der Waals surface area contributed by atoms with Crippen molar-refractivity contribution in [2.24, 2.45) is 11.8 Å². The summed E-state index contributed by atoms with van der Waals surface area (Å²) in [5.41, 5.74) is 6.15. The second-order valence-corrected chi connectivity index (χ2v) is 10.9. The number of fused-ring (bicyclic) bond motifs is 1. The van der Waals surface area contributed by atoms with Crippen LogP contribution in [0, 0.1) is 11.8 Å². The van der Waals surface area contributed by atoms with Gasteiger partial charge in [0.05, 0.1) is 6.61 Å². The second-order valence-electron chi connectivity index (χ2n) is 10.9. The van der Waals surface area contributed by atoms with Crippen molar-refractivity contribution in [2.45, 2.75) is 90.9 Å². The van der Waals surface area contributed by atoms with Gasteiger partial charge in [-0.1, -0.05) is 78.3 Å². The molecule has 1 saturated carbocycles. The van der Waals surface area contributed by atoms with E-state index in [0.717, 1.165) is 12.0 Å². The van der Waals surface area contributed by atoms with Gasteiger partial charge in [0.25, 0.3) is 0 Å². The fourth-order valence-corrected chi connectivity index (χ4v) is 5.65. The third-order valence-corrected chi connectivity index (χ3v) is 7.90. The van der Waals surface area contributed by atoms with Gasteiger partial charge in [0.1, 0.15) is 0 Å². The largest absolute Gasteiger partial charge is 0.463 e. The zero-order valence-electron chi connectivity index (χ0n) is 20.3. The first kappa shape index (κ1) is 22.8. The summed E-state index contributed by atoms with van der Waals surface area (Å²) in [6.45, 7) is 18.5. The van der Waals surface area contributed by atoms with Crippen LogP contribution in [0.25, 0.3) is 0 Å². The maximum Gasteiger partial charge on any atom is 0.330 e. The molecule has 0 aromatic heterocycles. The summed E-state index contributed by atoms with van der Waals surface area (Å²) >= 11 is 0. The van der Waals surface area contributed by atoms with Gasteiger partial charge in [0.2, 0.25) is 0 Å². The lowest BCUT2D eigenvalue weighted by molar-refractivity contribution is -0.137. The van der Waals surface area contributed by atoms with Gasteiger partial charge in [-0.25, -0.2) is 4.79 Å². The highest BCUT2D eigenvalue weighted by Crippen LogP contribution is 2.63. The number of rotatable bonds is 6. The average molecular weight is 409 g/mol. The molecular weight excluding hydrogens is 368 g/mol. The van der Waals surface area contributed by atoms with E-state index in [2.05, 4.69) is 71.9 Å². The van der Waals surface area contributed by atoms with E-state index in [4.69, 9.17) is 4.74 Å². The van der Waals surface area contributed by atoms with Gasteiger partial charge in [-0.15, -0.1) is 0 Å². The van der Waals surface area contributed by atoms with Gasteiger partial charge in [0.15, 0.2) is 0 Å². The Hall–Kier alpha value is -1.83. The lowest BCUT2D eigenvalue weighted by Gasteiger charge is -2.42. The summed E-state index contributed by atoms with van der Waals surface area (Å²) < 4.78 is 5.03. The number of carbonyl (C=O) groups excluding carboxylic acids is 1. The number of hydrogen-bond acceptors (Lipinski definition) is 2. The maximum atomic E-state index is 11.7. The SMILES string of the molecule is CCOC(=O)/C=C(C)/C=C/[C@H]1[C@H](CC)[C@@]1(C)c1ccc2c(c1)C(C)(C)CCC2(C)C. The highest BCUT2D eigenvalue weighted by atomic mass is 16.5. The molecule has 30 heavy (non-hydrogen) atoms. The minimum atomic E-state index is -0.259. The maximum absolute atomic E-state index is 11.7. The van der Waals surface area contributed by atoms with Crippen molar-refractivity contribution in [1.29, 1.82) is 0 Å². The molecule has 0 heterocycles.